The summed E-state index contributed by atoms with van der Waals surface area (Å²) < 4.78 is 0. The monoisotopic (exact) mass is 465 g/mol. The van der Waals surface area contributed by atoms with Crippen LogP contribution in [0.1, 0.15) is 126 Å². The first-order valence-electron chi connectivity index (χ1n) is 13.9. The van der Waals surface area contributed by atoms with E-state index in [0.717, 1.165) is 25.8 Å². The van der Waals surface area contributed by atoms with E-state index in [1.165, 1.54) is 57.9 Å². The third kappa shape index (κ3) is 9.40. The molecule has 1 unspecified atom stereocenters. The average Bonchev–Trinajstić information content (AvgIpc) is 2.59. The van der Waals surface area contributed by atoms with Crippen molar-refractivity contribution in [3.8, 4) is 0 Å². The zero-order valence-electron chi connectivity index (χ0n) is 23.5. The van der Waals surface area contributed by atoms with E-state index in [9.17, 15) is 0 Å². The molecule has 2 rings (SSSR count). The molecule has 0 aromatic heterocycles. The molecule has 6 N–H and O–H groups in total. The highest BCUT2D eigenvalue weighted by Crippen LogP contribution is 2.38. The van der Waals surface area contributed by atoms with Crippen molar-refractivity contribution in [2.75, 3.05) is 13.1 Å². The summed E-state index contributed by atoms with van der Waals surface area (Å²) in [5.41, 5.74) is 12.9. The quantitative estimate of drug-likeness (QED) is 0.308. The minimum atomic E-state index is 0.188. The Bertz CT molecular complexity index is 549. The Hall–Kier alpha value is -0.200. The van der Waals surface area contributed by atoms with Crippen LogP contribution in [0, 0.1) is 0 Å². The van der Waals surface area contributed by atoms with Gasteiger partial charge in [0.1, 0.15) is 0 Å². The van der Waals surface area contributed by atoms with Crippen LogP contribution in [0.15, 0.2) is 0 Å². The second kappa shape index (κ2) is 11.7. The molecule has 0 aromatic rings. The Morgan fingerprint density at radius 1 is 0.788 bits per heavy atom. The van der Waals surface area contributed by atoms with Gasteiger partial charge in [-0.1, -0.05) is 19.3 Å². The van der Waals surface area contributed by atoms with Gasteiger partial charge in [0.2, 0.25) is 0 Å². The molecule has 2 fully saturated rings. The topological polar surface area (TPSA) is 79.3 Å². The third-order valence-electron chi connectivity index (χ3n) is 8.09. The molecule has 0 radical (unpaired) electrons. The van der Waals surface area contributed by atoms with Crippen molar-refractivity contribution >= 4 is 0 Å². The summed E-state index contributed by atoms with van der Waals surface area (Å²) in [5, 5.41) is 7.95. The number of likely N-dealkylation sites (tertiary alicyclic amines) is 1. The van der Waals surface area contributed by atoms with Crippen LogP contribution in [0.3, 0.4) is 0 Å². The highest BCUT2D eigenvalue weighted by atomic mass is 15.3. The lowest BCUT2D eigenvalue weighted by atomic mass is 9.77. The van der Waals surface area contributed by atoms with Gasteiger partial charge in [0, 0.05) is 40.3 Å². The van der Waals surface area contributed by atoms with Crippen molar-refractivity contribution in [2.45, 2.75) is 166 Å². The number of hydrogen-bond donors (Lipinski definition) is 4. The Balaban J connectivity index is 1.91. The predicted octanol–water partition coefficient (Wildman–Crippen LogP) is 4.92. The molecule has 5 nitrogen and oxygen atoms in total. The lowest BCUT2D eigenvalue weighted by Gasteiger charge is -2.55. The number of nitrogens with zero attached hydrogens (tertiary/aromatic N) is 1. The van der Waals surface area contributed by atoms with E-state index in [1.54, 1.807) is 0 Å². The van der Waals surface area contributed by atoms with Crippen molar-refractivity contribution in [1.82, 2.24) is 15.5 Å². The van der Waals surface area contributed by atoms with Gasteiger partial charge in [-0.25, -0.2) is 0 Å². The van der Waals surface area contributed by atoms with Crippen molar-refractivity contribution in [3.05, 3.63) is 0 Å². The van der Waals surface area contributed by atoms with E-state index in [4.69, 9.17) is 11.5 Å². The van der Waals surface area contributed by atoms with Crippen LogP contribution in [0.5, 0.6) is 0 Å². The second-order valence-electron chi connectivity index (χ2n) is 13.9. The largest absolute Gasteiger partial charge is 0.330 e. The van der Waals surface area contributed by atoms with E-state index in [-0.39, 0.29) is 22.2 Å². The summed E-state index contributed by atoms with van der Waals surface area (Å²) in [4.78, 5) is 2.74. The molecule has 0 bridgehead atoms. The van der Waals surface area contributed by atoms with E-state index in [0.29, 0.717) is 18.1 Å². The number of hydrogen-bond acceptors (Lipinski definition) is 5. The summed E-state index contributed by atoms with van der Waals surface area (Å²) in [6.07, 6.45) is 13.4. The number of unbranched alkanes of at least 4 members (excludes halogenated alkanes) is 3. The molecule has 0 aliphatic carbocycles. The zero-order valence-corrected chi connectivity index (χ0v) is 23.5. The Kier molecular flexibility index (Phi) is 10.3. The van der Waals surface area contributed by atoms with Gasteiger partial charge in [-0.15, -0.1) is 0 Å². The predicted molar refractivity (Wildman–Crippen MR) is 145 cm³/mol. The first kappa shape index (κ1) is 29.0. The van der Waals surface area contributed by atoms with E-state index < -0.39 is 0 Å². The molecule has 2 aliphatic heterocycles. The molecule has 0 aromatic carbocycles. The smallest absolute Gasteiger partial charge is 0.0173 e. The van der Waals surface area contributed by atoms with Gasteiger partial charge < -0.3 is 22.1 Å². The molecule has 0 saturated carbocycles. The minimum Gasteiger partial charge on any atom is -0.330 e. The van der Waals surface area contributed by atoms with Crippen LogP contribution in [-0.4, -0.2) is 58.3 Å². The van der Waals surface area contributed by atoms with Crippen LogP contribution < -0.4 is 22.1 Å². The first-order chi connectivity index (χ1) is 15.2. The first-order valence-corrected chi connectivity index (χ1v) is 13.9. The minimum absolute atomic E-state index is 0.188. The molecule has 196 valence electrons. The standard InChI is InChI=1S/C28H59N5/c1-25(2)20-24(21-26(3,4)32-25)31-23(14-10-9-12-16-29)15-11-13-17-33-27(5,6)18-22(30)19-28(33,7)8/h22-24,31-32H,9-21,29-30H2,1-8H3. The maximum Gasteiger partial charge on any atom is 0.0173 e. The molecule has 5 heteroatoms. The maximum atomic E-state index is 6.39. The fourth-order valence-electron chi connectivity index (χ4n) is 7.46. The molecule has 0 amide bonds. The van der Waals surface area contributed by atoms with Crippen molar-refractivity contribution in [1.29, 1.82) is 0 Å². The fraction of sp³-hybridized carbons (Fsp3) is 1.00. The lowest BCUT2D eigenvalue weighted by Crippen LogP contribution is -2.63. The molecule has 2 heterocycles. The highest BCUT2D eigenvalue weighted by molar-refractivity contribution is 5.02. The van der Waals surface area contributed by atoms with Gasteiger partial charge >= 0.3 is 0 Å². The number of nitrogens with one attached hydrogen (secondary N) is 2. The normalized spacial score (nSPS) is 26.4. The van der Waals surface area contributed by atoms with Gasteiger partial charge in [-0.3, -0.25) is 4.90 Å². The molecule has 2 aliphatic rings. The summed E-state index contributed by atoms with van der Waals surface area (Å²) in [6.45, 7) is 21.0. The van der Waals surface area contributed by atoms with Gasteiger partial charge in [0.05, 0.1) is 0 Å². The van der Waals surface area contributed by atoms with Gasteiger partial charge in [0.15, 0.2) is 0 Å². The van der Waals surface area contributed by atoms with Crippen LogP contribution in [-0.2, 0) is 0 Å². The highest BCUT2D eigenvalue weighted by Gasteiger charge is 2.43. The summed E-state index contributed by atoms with van der Waals surface area (Å²) in [5.74, 6) is 0. The van der Waals surface area contributed by atoms with Crippen LogP contribution in [0.4, 0.5) is 0 Å². The summed E-state index contributed by atoms with van der Waals surface area (Å²) in [6, 6.07) is 1.54. The van der Waals surface area contributed by atoms with E-state index >= 15 is 0 Å². The van der Waals surface area contributed by atoms with Crippen molar-refractivity contribution in [3.63, 3.8) is 0 Å². The molecule has 1 atom stereocenters. The van der Waals surface area contributed by atoms with E-state index in [1.807, 2.05) is 0 Å². The Morgan fingerprint density at radius 3 is 1.82 bits per heavy atom. The van der Waals surface area contributed by atoms with Crippen LogP contribution in [0.2, 0.25) is 0 Å². The molecule has 0 spiro atoms. The van der Waals surface area contributed by atoms with Gasteiger partial charge in [-0.2, -0.15) is 0 Å². The third-order valence-corrected chi connectivity index (χ3v) is 8.09. The zero-order chi connectivity index (χ0) is 24.9. The summed E-state index contributed by atoms with van der Waals surface area (Å²) in [7, 11) is 0. The van der Waals surface area contributed by atoms with Gasteiger partial charge in [-0.05, 0) is 120 Å². The van der Waals surface area contributed by atoms with Crippen LogP contribution >= 0.6 is 0 Å². The van der Waals surface area contributed by atoms with Gasteiger partial charge in [0.25, 0.3) is 0 Å². The average molecular weight is 466 g/mol. The second-order valence-corrected chi connectivity index (χ2v) is 13.9. The molecule has 2 saturated heterocycles. The van der Waals surface area contributed by atoms with Crippen molar-refractivity contribution < 1.29 is 0 Å². The lowest BCUT2D eigenvalue weighted by molar-refractivity contribution is -0.0356. The molecule has 33 heavy (non-hydrogen) atoms. The Labute approximate surface area is 206 Å². The van der Waals surface area contributed by atoms with Crippen molar-refractivity contribution in [2.24, 2.45) is 11.5 Å². The molecular weight excluding hydrogens is 406 g/mol. The SMILES string of the molecule is CC1(C)CC(NC(CCCCCN)CCCCN2C(C)(C)CC(N)CC2(C)C)CC(C)(C)N1. The summed E-state index contributed by atoms with van der Waals surface area (Å²) >= 11 is 0. The number of nitrogens with two attached hydrogens (primary N) is 2. The van der Waals surface area contributed by atoms with E-state index in [2.05, 4.69) is 70.9 Å². The van der Waals surface area contributed by atoms with Crippen LogP contribution in [0.25, 0.3) is 0 Å². The fourth-order valence-corrected chi connectivity index (χ4v) is 7.46. The maximum absolute atomic E-state index is 6.39. The number of piperidine rings is 2. The Morgan fingerprint density at radius 2 is 1.30 bits per heavy atom. The number of rotatable bonds is 12. The molecular formula is C28H59N5.